The van der Waals surface area contributed by atoms with E-state index in [2.05, 4.69) is 0 Å². The lowest BCUT2D eigenvalue weighted by molar-refractivity contribution is -0.384. The maximum absolute atomic E-state index is 12.2. The van der Waals surface area contributed by atoms with Gasteiger partial charge in [-0.2, -0.15) is 0 Å². The van der Waals surface area contributed by atoms with Crippen molar-refractivity contribution in [2.75, 3.05) is 24.6 Å². The van der Waals surface area contributed by atoms with Crippen LogP contribution >= 0.6 is 11.6 Å². The van der Waals surface area contributed by atoms with Gasteiger partial charge in [0.25, 0.3) is 11.6 Å². The predicted molar refractivity (Wildman–Crippen MR) is 71.9 cm³/mol. The molecule has 1 aliphatic heterocycles. The molecule has 2 rings (SSSR count). The summed E-state index contributed by atoms with van der Waals surface area (Å²) in [7, 11) is -0.872. The number of nitro benzene ring substituents is 1. The van der Waals surface area contributed by atoms with Crippen LogP contribution in [0.5, 0.6) is 0 Å². The zero-order chi connectivity index (χ0) is 14.0. The fourth-order valence-electron chi connectivity index (χ4n) is 1.81. The molecule has 1 aromatic carbocycles. The summed E-state index contributed by atoms with van der Waals surface area (Å²) in [5.41, 5.74) is -0.0584. The van der Waals surface area contributed by atoms with E-state index in [0.717, 1.165) is 0 Å². The summed E-state index contributed by atoms with van der Waals surface area (Å²) in [5.74, 6) is 0.597. The van der Waals surface area contributed by atoms with Crippen molar-refractivity contribution in [3.05, 3.63) is 38.9 Å². The molecule has 0 bridgehead atoms. The van der Waals surface area contributed by atoms with Crippen LogP contribution in [0, 0.1) is 10.1 Å². The van der Waals surface area contributed by atoms with E-state index in [9.17, 15) is 19.1 Å². The molecule has 102 valence electrons. The lowest BCUT2D eigenvalue weighted by Crippen LogP contribution is -2.41. The van der Waals surface area contributed by atoms with Gasteiger partial charge in [0.2, 0.25) is 0 Å². The largest absolute Gasteiger partial charge is 0.337 e. The minimum absolute atomic E-state index is 0.00120. The van der Waals surface area contributed by atoms with Gasteiger partial charge in [-0.1, -0.05) is 11.6 Å². The average molecular weight is 303 g/mol. The SMILES string of the molecule is O=C(c1ccc(Cl)c([N+](=O)[O-])c1)N1CCS(=O)CC1. The molecule has 0 radical (unpaired) electrons. The molecular weight excluding hydrogens is 292 g/mol. The molecule has 0 saturated carbocycles. The maximum atomic E-state index is 12.2. The number of amides is 1. The molecule has 19 heavy (non-hydrogen) atoms. The highest BCUT2D eigenvalue weighted by atomic mass is 35.5. The predicted octanol–water partition coefficient (Wildman–Crippen LogP) is 1.45. The maximum Gasteiger partial charge on any atom is 0.288 e. The Bertz CT molecular complexity index is 554. The van der Waals surface area contributed by atoms with E-state index in [1.807, 2.05) is 0 Å². The third-order valence-corrected chi connectivity index (χ3v) is 4.45. The van der Waals surface area contributed by atoms with Crippen LogP contribution in [0.15, 0.2) is 18.2 Å². The topological polar surface area (TPSA) is 80.5 Å². The quantitative estimate of drug-likeness (QED) is 0.612. The Morgan fingerprint density at radius 1 is 1.37 bits per heavy atom. The molecule has 1 heterocycles. The first-order chi connectivity index (χ1) is 8.99. The molecule has 1 aliphatic rings. The van der Waals surface area contributed by atoms with Crippen LogP contribution in [0.4, 0.5) is 5.69 Å². The molecule has 0 spiro atoms. The van der Waals surface area contributed by atoms with Crippen molar-refractivity contribution in [3.63, 3.8) is 0 Å². The van der Waals surface area contributed by atoms with Gasteiger partial charge in [0, 0.05) is 47.0 Å². The second-order valence-corrected chi connectivity index (χ2v) is 6.17. The summed E-state index contributed by atoms with van der Waals surface area (Å²) >= 11 is 5.69. The van der Waals surface area contributed by atoms with E-state index in [1.165, 1.54) is 18.2 Å². The summed E-state index contributed by atoms with van der Waals surface area (Å²) in [6.45, 7) is 0.809. The van der Waals surface area contributed by atoms with Crippen LogP contribution in [0.2, 0.25) is 5.02 Å². The molecule has 0 unspecified atom stereocenters. The fraction of sp³-hybridized carbons (Fsp3) is 0.364. The number of hydrogen-bond acceptors (Lipinski definition) is 4. The first-order valence-electron chi connectivity index (χ1n) is 5.57. The number of nitrogens with zero attached hydrogens (tertiary/aromatic N) is 2. The van der Waals surface area contributed by atoms with E-state index in [0.29, 0.717) is 24.6 Å². The summed E-state index contributed by atoms with van der Waals surface area (Å²) in [4.78, 5) is 23.9. The fourth-order valence-corrected chi connectivity index (χ4v) is 3.05. The Morgan fingerprint density at radius 3 is 2.58 bits per heavy atom. The molecule has 0 aliphatic carbocycles. The van der Waals surface area contributed by atoms with E-state index < -0.39 is 15.7 Å². The third-order valence-electron chi connectivity index (χ3n) is 2.85. The second-order valence-electron chi connectivity index (χ2n) is 4.06. The van der Waals surface area contributed by atoms with Crippen LogP contribution in [0.1, 0.15) is 10.4 Å². The van der Waals surface area contributed by atoms with Crippen LogP contribution in [-0.2, 0) is 10.8 Å². The Hall–Kier alpha value is -1.47. The number of halogens is 1. The van der Waals surface area contributed by atoms with E-state index in [-0.39, 0.29) is 22.2 Å². The van der Waals surface area contributed by atoms with Crippen molar-refractivity contribution in [3.8, 4) is 0 Å². The highest BCUT2D eigenvalue weighted by molar-refractivity contribution is 7.85. The molecule has 1 aromatic rings. The van der Waals surface area contributed by atoms with Crippen molar-refractivity contribution >= 4 is 34.0 Å². The van der Waals surface area contributed by atoms with Crippen molar-refractivity contribution in [1.29, 1.82) is 0 Å². The smallest absolute Gasteiger partial charge is 0.288 e. The molecule has 1 fully saturated rings. The van der Waals surface area contributed by atoms with Gasteiger partial charge in [0.15, 0.2) is 0 Å². The van der Waals surface area contributed by atoms with Gasteiger partial charge < -0.3 is 4.90 Å². The van der Waals surface area contributed by atoms with Gasteiger partial charge in [-0.15, -0.1) is 0 Å². The van der Waals surface area contributed by atoms with Gasteiger partial charge >= 0.3 is 0 Å². The van der Waals surface area contributed by atoms with Gasteiger partial charge in [-0.3, -0.25) is 19.1 Å². The summed E-state index contributed by atoms with van der Waals surface area (Å²) in [6, 6.07) is 3.98. The Balaban J connectivity index is 2.22. The summed E-state index contributed by atoms with van der Waals surface area (Å²) < 4.78 is 11.2. The lowest BCUT2D eigenvalue weighted by Gasteiger charge is -2.26. The number of carbonyl (C=O) groups excluding carboxylic acids is 1. The van der Waals surface area contributed by atoms with Gasteiger partial charge in [0.1, 0.15) is 5.02 Å². The van der Waals surface area contributed by atoms with Crippen molar-refractivity contribution in [2.45, 2.75) is 0 Å². The summed E-state index contributed by atoms with van der Waals surface area (Å²) in [5, 5.41) is 10.8. The number of benzene rings is 1. The molecule has 8 heteroatoms. The average Bonchev–Trinajstić information content (AvgIpc) is 2.39. The summed E-state index contributed by atoms with van der Waals surface area (Å²) in [6.07, 6.45) is 0. The number of rotatable bonds is 2. The van der Waals surface area contributed by atoms with Crippen molar-refractivity contribution in [1.82, 2.24) is 4.90 Å². The van der Waals surface area contributed by atoms with Crippen LogP contribution in [-0.4, -0.2) is 44.5 Å². The minimum atomic E-state index is -0.872. The van der Waals surface area contributed by atoms with Crippen LogP contribution in [0.3, 0.4) is 0 Å². The molecular formula is C11H11ClN2O4S. The Labute approximate surface area is 117 Å². The second kappa shape index (κ2) is 5.66. The van der Waals surface area contributed by atoms with E-state index in [1.54, 1.807) is 4.90 Å². The molecule has 0 aromatic heterocycles. The van der Waals surface area contributed by atoms with Gasteiger partial charge in [-0.05, 0) is 12.1 Å². The first-order valence-corrected chi connectivity index (χ1v) is 7.44. The number of carbonyl (C=O) groups is 1. The number of hydrogen-bond donors (Lipinski definition) is 0. The highest BCUT2D eigenvalue weighted by Crippen LogP contribution is 2.25. The van der Waals surface area contributed by atoms with Crippen molar-refractivity contribution in [2.24, 2.45) is 0 Å². The first kappa shape index (κ1) is 14.0. The molecule has 1 saturated heterocycles. The van der Waals surface area contributed by atoms with Gasteiger partial charge in [0.05, 0.1) is 4.92 Å². The molecule has 0 atom stereocenters. The monoisotopic (exact) mass is 302 g/mol. The molecule has 1 amide bonds. The normalized spacial score (nSPS) is 16.4. The Kier molecular flexibility index (Phi) is 4.16. The van der Waals surface area contributed by atoms with E-state index in [4.69, 9.17) is 11.6 Å². The van der Waals surface area contributed by atoms with Crippen LogP contribution in [0.25, 0.3) is 0 Å². The lowest BCUT2D eigenvalue weighted by atomic mass is 10.1. The van der Waals surface area contributed by atoms with Crippen molar-refractivity contribution < 1.29 is 13.9 Å². The highest BCUT2D eigenvalue weighted by Gasteiger charge is 2.23. The third kappa shape index (κ3) is 3.10. The minimum Gasteiger partial charge on any atom is -0.337 e. The van der Waals surface area contributed by atoms with Crippen LogP contribution < -0.4 is 0 Å². The number of nitro groups is 1. The zero-order valence-corrected chi connectivity index (χ0v) is 11.4. The Morgan fingerprint density at radius 2 is 2.00 bits per heavy atom. The van der Waals surface area contributed by atoms with E-state index >= 15 is 0 Å². The van der Waals surface area contributed by atoms with Gasteiger partial charge in [-0.25, -0.2) is 0 Å². The zero-order valence-electron chi connectivity index (χ0n) is 9.87. The standard InChI is InChI=1S/C11H11ClN2O4S/c12-9-2-1-8(7-10(9)14(16)17)11(15)13-3-5-19(18)6-4-13/h1-2,7H,3-6H2. The molecule has 0 N–H and O–H groups in total. The molecule has 6 nitrogen and oxygen atoms in total.